The molecule has 1 saturated carbocycles. The lowest BCUT2D eigenvalue weighted by molar-refractivity contribution is -0.104. The summed E-state index contributed by atoms with van der Waals surface area (Å²) in [5, 5.41) is 3.57. The normalized spacial score (nSPS) is 25.3. The van der Waals surface area contributed by atoms with Crippen molar-refractivity contribution in [3.63, 3.8) is 0 Å². The Morgan fingerprint density at radius 1 is 1.19 bits per heavy atom. The average Bonchev–Trinajstić information content (AvgIpc) is 2.29. The summed E-state index contributed by atoms with van der Waals surface area (Å²) in [7, 11) is 0. The molecule has 1 aliphatic heterocycles. The molecule has 0 aromatic carbocycles. The van der Waals surface area contributed by atoms with Gasteiger partial charge in [-0.05, 0) is 18.9 Å². The van der Waals surface area contributed by atoms with Crippen molar-refractivity contribution < 1.29 is 4.74 Å². The molecule has 94 valence electrons. The van der Waals surface area contributed by atoms with Crippen molar-refractivity contribution in [2.75, 3.05) is 32.8 Å². The Bertz CT molecular complexity index is 193. The molecule has 3 heteroatoms. The van der Waals surface area contributed by atoms with Crippen molar-refractivity contribution in [3.8, 4) is 0 Å². The first-order chi connectivity index (χ1) is 7.85. The van der Waals surface area contributed by atoms with Gasteiger partial charge in [0.15, 0.2) is 0 Å². The molecule has 1 heterocycles. The van der Waals surface area contributed by atoms with Crippen LogP contribution in [0.3, 0.4) is 0 Å². The quantitative estimate of drug-likeness (QED) is 0.675. The largest absolute Gasteiger partial charge is 0.380 e. The molecule has 0 unspecified atom stereocenters. The zero-order chi connectivity index (χ0) is 11.3. The molecule has 3 nitrogen and oxygen atoms in total. The smallest absolute Gasteiger partial charge is 0.0569 e. The highest BCUT2D eigenvalue weighted by atomic mass is 16.5. The topological polar surface area (TPSA) is 47.3 Å². The van der Waals surface area contributed by atoms with Crippen molar-refractivity contribution in [3.05, 3.63) is 0 Å². The molecule has 0 spiro atoms. The van der Waals surface area contributed by atoms with Gasteiger partial charge in [0.25, 0.3) is 0 Å². The van der Waals surface area contributed by atoms with E-state index in [4.69, 9.17) is 10.5 Å². The standard InChI is InChI=1S/C13H26N2O/c14-8-13(10-16-11-13)9-15-7-6-12-4-2-1-3-5-12/h12,15H,1-11,14H2. The molecule has 3 N–H and O–H groups in total. The van der Waals surface area contributed by atoms with E-state index in [1.165, 1.54) is 38.5 Å². The third kappa shape index (κ3) is 3.19. The molecule has 1 saturated heterocycles. The van der Waals surface area contributed by atoms with Crippen molar-refractivity contribution in [2.24, 2.45) is 17.1 Å². The second kappa shape index (κ2) is 5.99. The van der Waals surface area contributed by atoms with Crippen LogP contribution in [0.15, 0.2) is 0 Å². The maximum absolute atomic E-state index is 5.77. The Morgan fingerprint density at radius 2 is 1.94 bits per heavy atom. The number of nitrogens with one attached hydrogen (secondary N) is 1. The van der Waals surface area contributed by atoms with E-state index in [9.17, 15) is 0 Å². The van der Waals surface area contributed by atoms with Gasteiger partial charge in [0.2, 0.25) is 0 Å². The monoisotopic (exact) mass is 226 g/mol. The predicted molar refractivity (Wildman–Crippen MR) is 66.4 cm³/mol. The highest BCUT2D eigenvalue weighted by Crippen LogP contribution is 2.27. The molecule has 16 heavy (non-hydrogen) atoms. The summed E-state index contributed by atoms with van der Waals surface area (Å²) < 4.78 is 5.26. The van der Waals surface area contributed by atoms with Crippen LogP contribution in [-0.2, 0) is 4.74 Å². The van der Waals surface area contributed by atoms with Gasteiger partial charge >= 0.3 is 0 Å². The maximum atomic E-state index is 5.77. The van der Waals surface area contributed by atoms with Gasteiger partial charge in [-0.15, -0.1) is 0 Å². The van der Waals surface area contributed by atoms with E-state index in [2.05, 4.69) is 5.32 Å². The minimum absolute atomic E-state index is 0.257. The van der Waals surface area contributed by atoms with Crippen LogP contribution < -0.4 is 11.1 Å². The number of ether oxygens (including phenoxy) is 1. The van der Waals surface area contributed by atoms with Gasteiger partial charge in [-0.1, -0.05) is 32.1 Å². The lowest BCUT2D eigenvalue weighted by atomic mass is 9.85. The Kier molecular flexibility index (Phi) is 4.62. The first-order valence-electron chi connectivity index (χ1n) is 6.83. The lowest BCUT2D eigenvalue weighted by Gasteiger charge is -2.40. The van der Waals surface area contributed by atoms with Crippen molar-refractivity contribution >= 4 is 0 Å². The summed E-state index contributed by atoms with van der Waals surface area (Å²) in [5.41, 5.74) is 6.03. The maximum Gasteiger partial charge on any atom is 0.0569 e. The van der Waals surface area contributed by atoms with Crippen molar-refractivity contribution in [1.82, 2.24) is 5.32 Å². The SMILES string of the molecule is NCC1(CNCCC2CCCCC2)COC1. The number of rotatable bonds is 6. The third-order valence-corrected chi connectivity index (χ3v) is 4.20. The molecule has 2 aliphatic rings. The van der Waals surface area contributed by atoms with E-state index >= 15 is 0 Å². The number of hydrogen-bond acceptors (Lipinski definition) is 3. The Balaban J connectivity index is 1.54. The molecule has 0 bridgehead atoms. The van der Waals surface area contributed by atoms with E-state index in [1.807, 2.05) is 0 Å². The molecule has 2 rings (SSSR count). The fourth-order valence-electron chi connectivity index (χ4n) is 2.82. The van der Waals surface area contributed by atoms with Gasteiger partial charge in [0.1, 0.15) is 0 Å². The fourth-order valence-corrected chi connectivity index (χ4v) is 2.82. The van der Waals surface area contributed by atoms with Gasteiger partial charge in [-0.2, -0.15) is 0 Å². The van der Waals surface area contributed by atoms with E-state index < -0.39 is 0 Å². The molecule has 1 aliphatic carbocycles. The van der Waals surface area contributed by atoms with Crippen LogP contribution in [0.5, 0.6) is 0 Å². The molecule has 0 aromatic heterocycles. The summed E-state index contributed by atoms with van der Waals surface area (Å²) >= 11 is 0. The molecule has 0 aromatic rings. The van der Waals surface area contributed by atoms with Crippen LogP contribution in [0.2, 0.25) is 0 Å². The van der Waals surface area contributed by atoms with Crippen molar-refractivity contribution in [1.29, 1.82) is 0 Å². The Morgan fingerprint density at radius 3 is 2.50 bits per heavy atom. The van der Waals surface area contributed by atoms with E-state index in [-0.39, 0.29) is 5.41 Å². The Labute approximate surface area is 99.1 Å². The number of nitrogens with two attached hydrogens (primary N) is 1. The van der Waals surface area contributed by atoms with E-state index in [0.29, 0.717) is 0 Å². The molecule has 0 amide bonds. The molecule has 0 atom stereocenters. The van der Waals surface area contributed by atoms with Crippen molar-refractivity contribution in [2.45, 2.75) is 38.5 Å². The second-order valence-electron chi connectivity index (χ2n) is 5.67. The highest BCUT2D eigenvalue weighted by molar-refractivity contribution is 4.88. The lowest BCUT2D eigenvalue weighted by Crippen LogP contribution is -2.54. The summed E-state index contributed by atoms with van der Waals surface area (Å²) in [4.78, 5) is 0. The minimum atomic E-state index is 0.257. The molecular weight excluding hydrogens is 200 g/mol. The molecule has 0 radical (unpaired) electrons. The predicted octanol–water partition coefficient (Wildman–Crippen LogP) is 1.52. The summed E-state index contributed by atoms with van der Waals surface area (Å²) in [6.07, 6.45) is 8.61. The average molecular weight is 226 g/mol. The Hall–Kier alpha value is -0.120. The van der Waals surface area contributed by atoms with Gasteiger partial charge < -0.3 is 15.8 Å². The summed E-state index contributed by atoms with van der Waals surface area (Å²) in [6.45, 7) is 4.64. The van der Waals surface area contributed by atoms with Crippen LogP contribution in [0, 0.1) is 11.3 Å². The molecule has 2 fully saturated rings. The van der Waals surface area contributed by atoms with Crippen LogP contribution in [0.1, 0.15) is 38.5 Å². The fraction of sp³-hybridized carbons (Fsp3) is 1.00. The zero-order valence-electron chi connectivity index (χ0n) is 10.3. The minimum Gasteiger partial charge on any atom is -0.380 e. The van der Waals surface area contributed by atoms with Gasteiger partial charge in [0.05, 0.1) is 13.2 Å². The van der Waals surface area contributed by atoms with Gasteiger partial charge in [-0.25, -0.2) is 0 Å². The van der Waals surface area contributed by atoms with Gasteiger partial charge in [-0.3, -0.25) is 0 Å². The first kappa shape index (κ1) is 12.3. The van der Waals surface area contributed by atoms with Crippen LogP contribution in [0.25, 0.3) is 0 Å². The third-order valence-electron chi connectivity index (χ3n) is 4.20. The second-order valence-corrected chi connectivity index (χ2v) is 5.67. The number of hydrogen-bond donors (Lipinski definition) is 2. The summed E-state index contributed by atoms with van der Waals surface area (Å²) in [5.74, 6) is 0.979. The van der Waals surface area contributed by atoms with E-state index in [1.54, 1.807) is 0 Å². The molecular formula is C13H26N2O. The van der Waals surface area contributed by atoms with Crippen LogP contribution >= 0.6 is 0 Å². The first-order valence-corrected chi connectivity index (χ1v) is 6.83. The van der Waals surface area contributed by atoms with Gasteiger partial charge in [0, 0.05) is 18.5 Å². The van der Waals surface area contributed by atoms with E-state index in [0.717, 1.165) is 38.8 Å². The van der Waals surface area contributed by atoms with Crippen LogP contribution in [0.4, 0.5) is 0 Å². The van der Waals surface area contributed by atoms with Crippen LogP contribution in [-0.4, -0.2) is 32.8 Å². The zero-order valence-corrected chi connectivity index (χ0v) is 10.3. The highest BCUT2D eigenvalue weighted by Gasteiger charge is 2.36. The summed E-state index contributed by atoms with van der Waals surface area (Å²) in [6, 6.07) is 0.